The van der Waals surface area contributed by atoms with Crippen molar-refractivity contribution in [2.45, 2.75) is 25.9 Å². The van der Waals surface area contributed by atoms with Crippen LogP contribution in [0, 0.1) is 0 Å². The van der Waals surface area contributed by atoms with Crippen molar-refractivity contribution in [2.75, 3.05) is 18.0 Å². The average Bonchev–Trinajstić information content (AvgIpc) is 3.00. The monoisotopic (exact) mass is 403 g/mol. The summed E-state index contributed by atoms with van der Waals surface area (Å²) in [6, 6.07) is 3.47. The van der Waals surface area contributed by atoms with E-state index in [1.165, 1.54) is 9.58 Å². The summed E-state index contributed by atoms with van der Waals surface area (Å²) < 4.78 is 37.7. The van der Waals surface area contributed by atoms with Crippen LogP contribution in [0.1, 0.15) is 19.8 Å². The van der Waals surface area contributed by atoms with Crippen LogP contribution in [0.3, 0.4) is 0 Å². The van der Waals surface area contributed by atoms with Gasteiger partial charge in [0, 0.05) is 25.6 Å². The number of pyridine rings is 1. The normalized spacial score (nSPS) is 11.3. The minimum Gasteiger partial charge on any atom is -0.347 e. The van der Waals surface area contributed by atoms with Crippen molar-refractivity contribution >= 4 is 29.1 Å². The van der Waals surface area contributed by atoms with Crippen LogP contribution in [0.25, 0.3) is 5.69 Å². The Hall–Kier alpha value is -2.62. The zero-order chi connectivity index (χ0) is 20.0. The molecule has 11 heteroatoms. The number of nitrogens with one attached hydrogen (secondary N) is 1. The Labute approximate surface area is 158 Å². The molecule has 1 N–H and O–H groups in total. The van der Waals surface area contributed by atoms with Gasteiger partial charge >= 0.3 is 6.18 Å². The first-order valence-corrected chi connectivity index (χ1v) is 8.38. The van der Waals surface area contributed by atoms with Gasteiger partial charge < -0.3 is 10.2 Å². The minimum atomic E-state index is -4.50. The molecule has 0 bridgehead atoms. The van der Waals surface area contributed by atoms with Crippen LogP contribution < -0.4 is 10.2 Å². The Morgan fingerprint density at radius 2 is 2.07 bits per heavy atom. The number of hydrogen-bond donors (Lipinski definition) is 1. The topological polar surface area (TPSA) is 80.1 Å². The number of rotatable bonds is 7. The molecule has 2 rings (SSSR count). The molecule has 0 aliphatic heterocycles. The second-order valence-electron chi connectivity index (χ2n) is 5.49. The Bertz CT molecular complexity index is 795. The van der Waals surface area contributed by atoms with Crippen molar-refractivity contribution in [3.05, 3.63) is 35.9 Å². The number of hydrogen-bond acceptors (Lipinski definition) is 4. The summed E-state index contributed by atoms with van der Waals surface area (Å²) in [4.78, 5) is 29.2. The molecule has 0 fully saturated rings. The van der Waals surface area contributed by atoms with Gasteiger partial charge in [-0.2, -0.15) is 18.3 Å². The summed E-state index contributed by atoms with van der Waals surface area (Å²) in [6.07, 6.45) is -0.406. The quantitative estimate of drug-likeness (QED) is 0.770. The Balaban J connectivity index is 2.03. The summed E-state index contributed by atoms with van der Waals surface area (Å²) in [5, 5.41) is 5.93. The van der Waals surface area contributed by atoms with E-state index in [-0.39, 0.29) is 24.5 Å². The van der Waals surface area contributed by atoms with Gasteiger partial charge in [0.1, 0.15) is 12.2 Å². The minimum absolute atomic E-state index is 0.0792. The van der Waals surface area contributed by atoms with Gasteiger partial charge in [0.15, 0.2) is 5.15 Å². The third-order valence-electron chi connectivity index (χ3n) is 3.52. The van der Waals surface area contributed by atoms with Gasteiger partial charge in [-0.15, -0.1) is 0 Å². The Morgan fingerprint density at radius 3 is 2.67 bits per heavy atom. The lowest BCUT2D eigenvalue weighted by molar-refractivity contribution is -0.138. The highest BCUT2D eigenvalue weighted by Crippen LogP contribution is 2.26. The lowest BCUT2D eigenvalue weighted by Gasteiger charge is -2.19. The summed E-state index contributed by atoms with van der Waals surface area (Å²) in [6.45, 7) is 0.530. The van der Waals surface area contributed by atoms with E-state index in [2.05, 4.69) is 10.1 Å². The van der Waals surface area contributed by atoms with Crippen molar-refractivity contribution in [3.8, 4) is 5.69 Å². The average molecular weight is 404 g/mol. The first-order valence-electron chi connectivity index (χ1n) is 8.00. The highest BCUT2D eigenvalue weighted by atomic mass is 35.5. The number of amides is 2. The van der Waals surface area contributed by atoms with Gasteiger partial charge in [-0.05, 0) is 19.1 Å². The fourth-order valence-electron chi connectivity index (χ4n) is 2.27. The molecule has 2 amide bonds. The zero-order valence-corrected chi connectivity index (χ0v) is 15.1. The van der Waals surface area contributed by atoms with E-state index in [1.54, 1.807) is 43.0 Å². The Morgan fingerprint density at radius 1 is 1.33 bits per heavy atom. The molecule has 0 atom stereocenters. The van der Waals surface area contributed by atoms with Gasteiger partial charge in [0.05, 0.1) is 18.1 Å². The third-order valence-corrected chi connectivity index (χ3v) is 3.79. The van der Waals surface area contributed by atoms with Crippen LogP contribution in [0.4, 0.5) is 18.9 Å². The molecule has 2 aromatic rings. The standard InChI is InChI=1S/C16H17ClF3N5O2/c1-2-24(14(27)6-5-13(26)22-10-16(18,19)20)12-9-25(23-15(12)17)11-4-3-7-21-8-11/h3-4,7-9H,2,5-6,10H2,1H3,(H,22,26). The van der Waals surface area contributed by atoms with Crippen LogP contribution in [0.15, 0.2) is 30.7 Å². The molecule has 0 saturated carbocycles. The van der Waals surface area contributed by atoms with Crippen LogP contribution >= 0.6 is 11.6 Å². The number of alkyl halides is 3. The molecular weight excluding hydrogens is 387 g/mol. The van der Waals surface area contributed by atoms with Crippen molar-refractivity contribution in [1.82, 2.24) is 20.1 Å². The first-order chi connectivity index (χ1) is 12.7. The number of halogens is 4. The number of aromatic nitrogens is 3. The maximum atomic E-state index is 12.4. The van der Waals surface area contributed by atoms with Crippen molar-refractivity contribution < 1.29 is 22.8 Å². The van der Waals surface area contributed by atoms with Crippen molar-refractivity contribution in [3.63, 3.8) is 0 Å². The number of carbonyl (C=O) groups is 2. The maximum Gasteiger partial charge on any atom is 0.405 e. The van der Waals surface area contributed by atoms with Crippen LogP contribution in [0.5, 0.6) is 0 Å². The second-order valence-corrected chi connectivity index (χ2v) is 5.85. The Kier molecular flexibility index (Phi) is 6.78. The molecule has 0 aliphatic rings. The van der Waals surface area contributed by atoms with Crippen LogP contribution in [0.2, 0.25) is 5.15 Å². The molecule has 0 saturated heterocycles. The molecule has 0 unspecified atom stereocenters. The lowest BCUT2D eigenvalue weighted by Crippen LogP contribution is -2.35. The van der Waals surface area contributed by atoms with E-state index >= 15 is 0 Å². The molecule has 0 spiro atoms. The highest BCUT2D eigenvalue weighted by molar-refractivity contribution is 6.32. The summed E-state index contributed by atoms with van der Waals surface area (Å²) in [5.74, 6) is -1.30. The van der Waals surface area contributed by atoms with Gasteiger partial charge in [0.2, 0.25) is 11.8 Å². The number of nitrogens with zero attached hydrogens (tertiary/aromatic N) is 4. The predicted octanol–water partition coefficient (Wildman–Crippen LogP) is 2.73. The van der Waals surface area contributed by atoms with Gasteiger partial charge in [0.25, 0.3) is 0 Å². The fraction of sp³-hybridized carbons (Fsp3) is 0.375. The third kappa shape index (κ3) is 5.95. The highest BCUT2D eigenvalue weighted by Gasteiger charge is 2.28. The lowest BCUT2D eigenvalue weighted by atomic mass is 10.2. The van der Waals surface area contributed by atoms with Gasteiger partial charge in [-0.25, -0.2) is 4.68 Å². The van der Waals surface area contributed by atoms with Crippen LogP contribution in [-0.4, -0.2) is 45.8 Å². The van der Waals surface area contributed by atoms with E-state index in [0.717, 1.165) is 0 Å². The van der Waals surface area contributed by atoms with Gasteiger partial charge in [-0.1, -0.05) is 11.6 Å². The van der Waals surface area contributed by atoms with Crippen molar-refractivity contribution in [1.29, 1.82) is 0 Å². The molecule has 0 radical (unpaired) electrons. The zero-order valence-electron chi connectivity index (χ0n) is 14.3. The SMILES string of the molecule is CCN(C(=O)CCC(=O)NCC(F)(F)F)c1cn(-c2cccnc2)nc1Cl. The summed E-state index contributed by atoms with van der Waals surface area (Å²) in [7, 11) is 0. The molecule has 7 nitrogen and oxygen atoms in total. The molecule has 0 aromatic carbocycles. The summed E-state index contributed by atoms with van der Waals surface area (Å²) in [5.41, 5.74) is 0.976. The van der Waals surface area contributed by atoms with E-state index in [1.807, 2.05) is 0 Å². The van der Waals surface area contributed by atoms with E-state index in [4.69, 9.17) is 11.6 Å². The van der Waals surface area contributed by atoms with E-state index < -0.39 is 24.5 Å². The number of carbonyl (C=O) groups excluding carboxylic acids is 2. The molecular formula is C16H17ClF3N5O2. The smallest absolute Gasteiger partial charge is 0.347 e. The number of anilines is 1. The fourth-order valence-corrected chi connectivity index (χ4v) is 2.50. The molecule has 27 heavy (non-hydrogen) atoms. The van der Waals surface area contributed by atoms with Crippen LogP contribution in [-0.2, 0) is 9.59 Å². The summed E-state index contributed by atoms with van der Waals surface area (Å²) >= 11 is 6.12. The van der Waals surface area contributed by atoms with E-state index in [9.17, 15) is 22.8 Å². The molecule has 2 aromatic heterocycles. The molecule has 146 valence electrons. The predicted molar refractivity (Wildman–Crippen MR) is 92.7 cm³/mol. The largest absolute Gasteiger partial charge is 0.405 e. The molecule has 2 heterocycles. The first kappa shape index (κ1) is 20.7. The molecule has 0 aliphatic carbocycles. The van der Waals surface area contributed by atoms with E-state index in [0.29, 0.717) is 11.4 Å². The second kappa shape index (κ2) is 8.85. The van der Waals surface area contributed by atoms with Gasteiger partial charge in [-0.3, -0.25) is 14.6 Å². The van der Waals surface area contributed by atoms with Crippen molar-refractivity contribution in [2.24, 2.45) is 0 Å². The maximum absolute atomic E-state index is 12.4.